The second-order valence-electron chi connectivity index (χ2n) is 7.58. The average Bonchev–Trinajstić information content (AvgIpc) is 2.80. The van der Waals surface area contributed by atoms with Crippen LogP contribution in [0.4, 0.5) is 11.5 Å². The van der Waals surface area contributed by atoms with Crippen molar-refractivity contribution in [2.75, 3.05) is 49.2 Å². The van der Waals surface area contributed by atoms with Crippen LogP contribution >= 0.6 is 0 Å². The van der Waals surface area contributed by atoms with Crippen LogP contribution in [0.2, 0.25) is 0 Å². The summed E-state index contributed by atoms with van der Waals surface area (Å²) < 4.78 is 5.46. The van der Waals surface area contributed by atoms with Crippen LogP contribution in [-0.2, 0) is 9.53 Å². The summed E-state index contributed by atoms with van der Waals surface area (Å²) >= 11 is 0. The predicted octanol–water partition coefficient (Wildman–Crippen LogP) is 1.80. The minimum atomic E-state index is -0.0859. The minimum Gasteiger partial charge on any atom is -0.378 e. The van der Waals surface area contributed by atoms with Crippen LogP contribution in [0, 0.1) is 5.92 Å². The van der Waals surface area contributed by atoms with Gasteiger partial charge in [-0.05, 0) is 31.9 Å². The van der Waals surface area contributed by atoms with Crippen molar-refractivity contribution < 1.29 is 9.53 Å². The Balaban J connectivity index is 1.35. The summed E-state index contributed by atoms with van der Waals surface area (Å²) in [4.78, 5) is 30.4. The Morgan fingerprint density at radius 3 is 2.66 bits per heavy atom. The number of aromatic nitrogens is 3. The number of hydrogen-bond donors (Lipinski definition) is 1. The first-order valence-electron chi connectivity index (χ1n) is 10.3. The number of amides is 1. The molecule has 8 heteroatoms. The van der Waals surface area contributed by atoms with E-state index in [1.807, 2.05) is 31.3 Å². The van der Waals surface area contributed by atoms with Gasteiger partial charge in [0, 0.05) is 38.3 Å². The molecule has 0 saturated carbocycles. The molecule has 4 heterocycles. The van der Waals surface area contributed by atoms with Gasteiger partial charge in [0.05, 0.1) is 36.8 Å². The van der Waals surface area contributed by atoms with Crippen molar-refractivity contribution in [3.8, 4) is 0 Å². The summed E-state index contributed by atoms with van der Waals surface area (Å²) in [6.07, 6.45) is 6.88. The first-order chi connectivity index (χ1) is 14.2. The van der Waals surface area contributed by atoms with E-state index in [4.69, 9.17) is 4.74 Å². The maximum absolute atomic E-state index is 12.7. The molecule has 1 atom stereocenters. The number of pyridine rings is 1. The number of carbonyl (C=O) groups is 1. The number of morpholine rings is 1. The second kappa shape index (κ2) is 9.17. The van der Waals surface area contributed by atoms with E-state index in [0.29, 0.717) is 0 Å². The van der Waals surface area contributed by atoms with Crippen LogP contribution in [0.25, 0.3) is 0 Å². The van der Waals surface area contributed by atoms with Gasteiger partial charge in [-0.25, -0.2) is 9.97 Å². The normalized spacial score (nSPS) is 19.1. The van der Waals surface area contributed by atoms with E-state index in [1.165, 1.54) is 0 Å². The zero-order valence-electron chi connectivity index (χ0n) is 16.8. The first kappa shape index (κ1) is 19.6. The number of rotatable bonds is 5. The molecule has 1 unspecified atom stereocenters. The molecule has 2 fully saturated rings. The van der Waals surface area contributed by atoms with E-state index in [1.54, 1.807) is 12.5 Å². The Morgan fingerprint density at radius 1 is 1.14 bits per heavy atom. The highest BCUT2D eigenvalue weighted by molar-refractivity contribution is 5.79. The van der Waals surface area contributed by atoms with E-state index >= 15 is 0 Å². The molecule has 4 rings (SSSR count). The highest BCUT2D eigenvalue weighted by Gasteiger charge is 2.28. The molecule has 2 aromatic rings. The molecule has 2 saturated heterocycles. The maximum atomic E-state index is 12.7. The van der Waals surface area contributed by atoms with Crippen LogP contribution in [0.1, 0.15) is 31.5 Å². The molecule has 2 aliphatic heterocycles. The van der Waals surface area contributed by atoms with Crippen molar-refractivity contribution in [2.45, 2.75) is 25.8 Å². The van der Waals surface area contributed by atoms with Crippen molar-refractivity contribution in [1.82, 2.24) is 20.3 Å². The van der Waals surface area contributed by atoms with Crippen LogP contribution in [0.5, 0.6) is 0 Å². The summed E-state index contributed by atoms with van der Waals surface area (Å²) in [6.45, 7) is 6.75. The molecule has 29 heavy (non-hydrogen) atoms. The van der Waals surface area contributed by atoms with Gasteiger partial charge in [0.25, 0.3) is 0 Å². The van der Waals surface area contributed by atoms with Crippen molar-refractivity contribution in [3.05, 3.63) is 42.6 Å². The molecule has 0 bridgehead atoms. The summed E-state index contributed by atoms with van der Waals surface area (Å²) in [7, 11) is 0. The van der Waals surface area contributed by atoms with E-state index < -0.39 is 0 Å². The van der Waals surface area contributed by atoms with E-state index in [-0.39, 0.29) is 17.9 Å². The molecule has 2 aliphatic rings. The van der Waals surface area contributed by atoms with Gasteiger partial charge in [-0.1, -0.05) is 6.07 Å². The summed E-state index contributed by atoms with van der Waals surface area (Å²) in [5.74, 6) is 1.10. The lowest BCUT2D eigenvalue weighted by molar-refractivity contribution is -0.126. The largest absolute Gasteiger partial charge is 0.378 e. The summed E-state index contributed by atoms with van der Waals surface area (Å²) in [5.41, 5.74) is 1.94. The van der Waals surface area contributed by atoms with Crippen molar-refractivity contribution in [3.63, 3.8) is 0 Å². The highest BCUT2D eigenvalue weighted by Crippen LogP contribution is 2.30. The van der Waals surface area contributed by atoms with E-state index in [2.05, 4.69) is 30.1 Å². The van der Waals surface area contributed by atoms with Gasteiger partial charge < -0.3 is 19.9 Å². The number of nitrogens with one attached hydrogen (secondary N) is 1. The third kappa shape index (κ3) is 4.64. The lowest BCUT2D eigenvalue weighted by atomic mass is 9.95. The number of carbonyl (C=O) groups excluding carboxylic acids is 1. The van der Waals surface area contributed by atoms with Crippen LogP contribution < -0.4 is 15.1 Å². The highest BCUT2D eigenvalue weighted by atomic mass is 16.5. The van der Waals surface area contributed by atoms with Crippen LogP contribution in [-0.4, -0.2) is 60.3 Å². The predicted molar refractivity (Wildman–Crippen MR) is 111 cm³/mol. The fourth-order valence-corrected chi connectivity index (χ4v) is 3.98. The monoisotopic (exact) mass is 396 g/mol. The van der Waals surface area contributed by atoms with Gasteiger partial charge in [0.15, 0.2) is 5.82 Å². The molecule has 154 valence electrons. The van der Waals surface area contributed by atoms with Crippen molar-refractivity contribution >= 4 is 17.4 Å². The SMILES string of the molecule is CC(NC(=O)C1CCN(c2cncnc2N2CCOCC2)CC1)c1ccccn1. The second-order valence-corrected chi connectivity index (χ2v) is 7.58. The zero-order chi connectivity index (χ0) is 20.1. The van der Waals surface area contributed by atoms with Gasteiger partial charge in [0.1, 0.15) is 6.33 Å². The van der Waals surface area contributed by atoms with E-state index in [0.717, 1.165) is 69.4 Å². The lowest BCUT2D eigenvalue weighted by Gasteiger charge is -2.36. The fraction of sp³-hybridized carbons (Fsp3) is 0.524. The Hall–Kier alpha value is -2.74. The van der Waals surface area contributed by atoms with Gasteiger partial charge in [0.2, 0.25) is 5.91 Å². The number of ether oxygens (including phenoxy) is 1. The number of piperidine rings is 1. The van der Waals surface area contributed by atoms with Gasteiger partial charge >= 0.3 is 0 Å². The Kier molecular flexibility index (Phi) is 6.19. The Bertz CT molecular complexity index is 804. The Morgan fingerprint density at radius 2 is 1.93 bits per heavy atom. The summed E-state index contributed by atoms with van der Waals surface area (Å²) in [6, 6.07) is 5.68. The number of hydrogen-bond acceptors (Lipinski definition) is 7. The smallest absolute Gasteiger partial charge is 0.223 e. The fourth-order valence-electron chi connectivity index (χ4n) is 3.98. The molecular formula is C21H28N6O2. The molecular weight excluding hydrogens is 368 g/mol. The van der Waals surface area contributed by atoms with Crippen molar-refractivity contribution in [1.29, 1.82) is 0 Å². The lowest BCUT2D eigenvalue weighted by Crippen LogP contribution is -2.43. The molecule has 1 N–H and O–H groups in total. The Labute approximate surface area is 171 Å². The summed E-state index contributed by atoms with van der Waals surface area (Å²) in [5, 5.41) is 3.12. The third-order valence-electron chi connectivity index (χ3n) is 5.68. The molecule has 0 radical (unpaired) electrons. The quantitative estimate of drug-likeness (QED) is 0.825. The molecule has 0 aliphatic carbocycles. The first-order valence-corrected chi connectivity index (χ1v) is 10.3. The van der Waals surface area contributed by atoms with Gasteiger partial charge in [-0.15, -0.1) is 0 Å². The van der Waals surface area contributed by atoms with Gasteiger partial charge in [-0.3, -0.25) is 9.78 Å². The molecule has 1 amide bonds. The standard InChI is InChI=1S/C21H28N6O2/c1-16(18-4-2-3-7-23-18)25-21(28)17-5-8-26(9-6-17)19-14-22-15-24-20(19)27-10-12-29-13-11-27/h2-4,7,14-17H,5-6,8-13H2,1H3,(H,25,28). The maximum Gasteiger partial charge on any atom is 0.223 e. The molecule has 0 aromatic carbocycles. The number of anilines is 2. The molecule has 0 spiro atoms. The van der Waals surface area contributed by atoms with Gasteiger partial charge in [-0.2, -0.15) is 0 Å². The molecule has 2 aromatic heterocycles. The van der Waals surface area contributed by atoms with Crippen molar-refractivity contribution in [2.24, 2.45) is 5.92 Å². The van der Waals surface area contributed by atoms with Crippen LogP contribution in [0.3, 0.4) is 0 Å². The number of nitrogens with zero attached hydrogens (tertiary/aromatic N) is 5. The minimum absolute atomic E-state index is 0.0221. The van der Waals surface area contributed by atoms with E-state index in [9.17, 15) is 4.79 Å². The zero-order valence-corrected chi connectivity index (χ0v) is 16.8. The average molecular weight is 396 g/mol. The third-order valence-corrected chi connectivity index (χ3v) is 5.68. The van der Waals surface area contributed by atoms with Crippen LogP contribution in [0.15, 0.2) is 36.9 Å². The topological polar surface area (TPSA) is 83.5 Å². The molecule has 8 nitrogen and oxygen atoms in total.